The van der Waals surface area contributed by atoms with E-state index in [1.54, 1.807) is 12.1 Å². The zero-order valence-corrected chi connectivity index (χ0v) is 25.1. The third-order valence-electron chi connectivity index (χ3n) is 8.13. The molecule has 0 saturated carbocycles. The maximum atomic E-state index is 13.5. The predicted molar refractivity (Wildman–Crippen MR) is 165 cm³/mol. The normalized spacial score (nSPS) is 16.0. The van der Waals surface area contributed by atoms with Gasteiger partial charge in [0.1, 0.15) is 11.6 Å². The Labute approximate surface area is 248 Å². The van der Waals surface area contributed by atoms with Crippen molar-refractivity contribution in [1.82, 2.24) is 9.80 Å². The molecule has 1 aliphatic heterocycles. The third kappa shape index (κ3) is 8.46. The fourth-order valence-electron chi connectivity index (χ4n) is 5.69. The number of rotatable bonds is 12. The van der Waals surface area contributed by atoms with Crippen LogP contribution in [0.4, 0.5) is 20.2 Å². The molecule has 1 aliphatic rings. The minimum Gasteiger partial charge on any atom is -0.378 e. The molecule has 42 heavy (non-hydrogen) atoms. The van der Waals surface area contributed by atoms with Crippen LogP contribution in [-0.4, -0.2) is 74.4 Å². The van der Waals surface area contributed by atoms with E-state index < -0.39 is 0 Å². The second kappa shape index (κ2) is 14.5. The van der Waals surface area contributed by atoms with Gasteiger partial charge in [0.2, 0.25) is 5.91 Å². The molecule has 8 heteroatoms. The number of halogens is 2. The molecule has 0 spiro atoms. The largest absolute Gasteiger partial charge is 0.378 e. The second-order valence-electron chi connectivity index (χ2n) is 11.5. The molecular weight excluding hydrogens is 534 g/mol. The molecule has 224 valence electrons. The smallest absolute Gasteiger partial charge is 0.238 e. The Bertz CT molecular complexity index is 1300. The molecule has 0 radical (unpaired) electrons. The summed E-state index contributed by atoms with van der Waals surface area (Å²) in [5.74, 6) is -0.646. The molecule has 0 bridgehead atoms. The first-order chi connectivity index (χ1) is 20.1. The number of unbranched alkanes of at least 4 members (excludes halogenated alkanes) is 1. The maximum absolute atomic E-state index is 13.5. The number of nitrogens with zero attached hydrogens (tertiary/aromatic N) is 3. The molecule has 1 fully saturated rings. The van der Waals surface area contributed by atoms with E-state index in [0.717, 1.165) is 62.3 Å². The van der Waals surface area contributed by atoms with Crippen molar-refractivity contribution in [3.8, 4) is 0 Å². The van der Waals surface area contributed by atoms with Gasteiger partial charge in [0.15, 0.2) is 5.78 Å². The summed E-state index contributed by atoms with van der Waals surface area (Å²) in [6, 6.07) is 18.9. The molecule has 6 nitrogen and oxygen atoms in total. The molecule has 0 aliphatic carbocycles. The highest BCUT2D eigenvalue weighted by Gasteiger charge is 2.25. The van der Waals surface area contributed by atoms with Gasteiger partial charge in [-0.3, -0.25) is 14.5 Å². The van der Waals surface area contributed by atoms with Gasteiger partial charge < -0.3 is 15.1 Å². The number of anilines is 2. The monoisotopic (exact) mass is 576 g/mol. The number of carbonyl (C=O) groups is 2. The molecule has 1 saturated heterocycles. The predicted octanol–water partition coefficient (Wildman–Crippen LogP) is 6.18. The van der Waals surface area contributed by atoms with E-state index in [9.17, 15) is 18.4 Å². The van der Waals surface area contributed by atoms with Gasteiger partial charge in [-0.15, -0.1) is 0 Å². The van der Waals surface area contributed by atoms with E-state index in [4.69, 9.17) is 0 Å². The van der Waals surface area contributed by atoms with Crippen molar-refractivity contribution in [2.45, 2.75) is 45.1 Å². The minimum absolute atomic E-state index is 0.0855. The van der Waals surface area contributed by atoms with Crippen LogP contribution in [0.5, 0.6) is 0 Å². The van der Waals surface area contributed by atoms with E-state index in [1.807, 2.05) is 49.3 Å². The second-order valence-corrected chi connectivity index (χ2v) is 11.5. The lowest BCUT2D eigenvalue weighted by Crippen LogP contribution is -2.53. The molecule has 1 unspecified atom stereocenters. The highest BCUT2D eigenvalue weighted by Crippen LogP contribution is 2.30. The van der Waals surface area contributed by atoms with Gasteiger partial charge in [0, 0.05) is 56.9 Å². The van der Waals surface area contributed by atoms with Crippen molar-refractivity contribution in [3.05, 3.63) is 95.1 Å². The molecule has 3 aromatic carbocycles. The van der Waals surface area contributed by atoms with E-state index in [-0.39, 0.29) is 41.8 Å². The van der Waals surface area contributed by atoms with E-state index >= 15 is 0 Å². The van der Waals surface area contributed by atoms with Crippen molar-refractivity contribution >= 4 is 23.1 Å². The van der Waals surface area contributed by atoms with Crippen molar-refractivity contribution in [2.24, 2.45) is 0 Å². The van der Waals surface area contributed by atoms with Crippen molar-refractivity contribution in [3.63, 3.8) is 0 Å². The number of nitrogens with one attached hydrogen (secondary N) is 1. The summed E-state index contributed by atoms with van der Waals surface area (Å²) < 4.78 is 27.1. The number of ketones is 1. The van der Waals surface area contributed by atoms with Gasteiger partial charge in [-0.1, -0.05) is 30.7 Å². The molecule has 1 amide bonds. The molecule has 4 rings (SSSR count). The number of Topliss-reactive ketones (excluding diaryl/α,β-unsaturated/α-hetero) is 1. The molecule has 1 heterocycles. The first kappa shape index (κ1) is 31.3. The highest BCUT2D eigenvalue weighted by molar-refractivity contribution is 6.04. The standard InChI is InChI=1S/C34H42F2N4O2/c1-24-22-39(18-6-5-7-31(26-8-12-28(35)13-9-26)27-10-14-29(36)15-11-27)19-20-40(24)23-34(42)37-33-17-16-30(38(3)4)21-32(33)25(2)41/h8-17,21,24,31H,5-7,18-20,22-23H2,1-4H3,(H,37,42). The van der Waals surface area contributed by atoms with Gasteiger partial charge >= 0.3 is 0 Å². The van der Waals surface area contributed by atoms with Crippen LogP contribution < -0.4 is 10.2 Å². The molecule has 1 atom stereocenters. The van der Waals surface area contributed by atoms with Gasteiger partial charge in [0.25, 0.3) is 0 Å². The van der Waals surface area contributed by atoms with Crippen molar-refractivity contribution in [1.29, 1.82) is 0 Å². The first-order valence-corrected chi connectivity index (χ1v) is 14.7. The average Bonchev–Trinajstić information content (AvgIpc) is 2.95. The summed E-state index contributed by atoms with van der Waals surface area (Å²) in [6.45, 7) is 7.45. The topological polar surface area (TPSA) is 55.9 Å². The summed E-state index contributed by atoms with van der Waals surface area (Å²) in [7, 11) is 3.83. The lowest BCUT2D eigenvalue weighted by molar-refractivity contribution is -0.118. The van der Waals surface area contributed by atoms with Crippen LogP contribution in [0.2, 0.25) is 0 Å². The third-order valence-corrected chi connectivity index (χ3v) is 8.13. The van der Waals surface area contributed by atoms with E-state index in [0.29, 0.717) is 11.3 Å². The summed E-state index contributed by atoms with van der Waals surface area (Å²) in [5, 5.41) is 2.95. The van der Waals surface area contributed by atoms with E-state index in [2.05, 4.69) is 22.0 Å². The Morgan fingerprint density at radius 1 is 0.929 bits per heavy atom. The summed E-state index contributed by atoms with van der Waals surface area (Å²) >= 11 is 0. The first-order valence-electron chi connectivity index (χ1n) is 14.7. The Hall–Kier alpha value is -3.62. The van der Waals surface area contributed by atoms with Gasteiger partial charge in [-0.25, -0.2) is 8.78 Å². The highest BCUT2D eigenvalue weighted by atomic mass is 19.1. The number of benzene rings is 3. The van der Waals surface area contributed by atoms with Gasteiger partial charge in [0.05, 0.1) is 12.2 Å². The summed E-state index contributed by atoms with van der Waals surface area (Å²) in [6.07, 6.45) is 2.90. The summed E-state index contributed by atoms with van der Waals surface area (Å²) in [4.78, 5) is 31.7. The Kier molecular flexibility index (Phi) is 10.8. The summed E-state index contributed by atoms with van der Waals surface area (Å²) in [5.41, 5.74) is 4.03. The maximum Gasteiger partial charge on any atom is 0.238 e. The van der Waals surface area contributed by atoms with Crippen LogP contribution in [0.3, 0.4) is 0 Å². The van der Waals surface area contributed by atoms with Crippen molar-refractivity contribution < 1.29 is 18.4 Å². The lowest BCUT2D eigenvalue weighted by Gasteiger charge is -2.39. The van der Waals surface area contributed by atoms with Crippen molar-refractivity contribution in [2.75, 3.05) is 57.0 Å². The van der Waals surface area contributed by atoms with Crippen LogP contribution >= 0.6 is 0 Å². The zero-order chi connectivity index (χ0) is 30.2. The number of carbonyl (C=O) groups excluding carboxylic acids is 2. The molecule has 0 aromatic heterocycles. The van der Waals surface area contributed by atoms with Crippen LogP contribution in [0.25, 0.3) is 0 Å². The average molecular weight is 577 g/mol. The Morgan fingerprint density at radius 2 is 1.55 bits per heavy atom. The minimum atomic E-state index is -0.262. The van der Waals surface area contributed by atoms with Crippen LogP contribution in [0.15, 0.2) is 66.7 Å². The number of piperazine rings is 1. The molecule has 3 aromatic rings. The SMILES string of the molecule is CC(=O)c1cc(N(C)C)ccc1NC(=O)CN1CCN(CCCCC(c2ccc(F)cc2)c2ccc(F)cc2)CC1C. The number of hydrogen-bond acceptors (Lipinski definition) is 5. The van der Waals surface area contributed by atoms with Gasteiger partial charge in [-0.2, -0.15) is 0 Å². The molecule has 1 N–H and O–H groups in total. The van der Waals surface area contributed by atoms with Crippen LogP contribution in [-0.2, 0) is 4.79 Å². The van der Waals surface area contributed by atoms with Crippen LogP contribution in [0, 0.1) is 11.6 Å². The quantitative estimate of drug-likeness (QED) is 0.206. The number of amides is 1. The fraction of sp³-hybridized carbons (Fsp3) is 0.412. The Morgan fingerprint density at radius 3 is 2.10 bits per heavy atom. The van der Waals surface area contributed by atoms with Crippen LogP contribution in [0.1, 0.15) is 60.5 Å². The molecular formula is C34H42F2N4O2. The Balaban J connectivity index is 1.25. The van der Waals surface area contributed by atoms with E-state index in [1.165, 1.54) is 31.2 Å². The number of hydrogen-bond donors (Lipinski definition) is 1. The fourth-order valence-corrected chi connectivity index (χ4v) is 5.69. The lowest BCUT2D eigenvalue weighted by atomic mass is 9.87. The van der Waals surface area contributed by atoms with Gasteiger partial charge in [-0.05, 0) is 86.8 Å². The zero-order valence-electron chi connectivity index (χ0n) is 25.1.